The van der Waals surface area contributed by atoms with Gasteiger partial charge >= 0.3 is 0 Å². The number of aliphatic hydroxyl groups excluding tert-OH is 1. The van der Waals surface area contributed by atoms with E-state index in [1.807, 2.05) is 35.3 Å². The number of rotatable bonds is 7. The molecule has 0 saturated heterocycles. The molecular formula is C17H24Cl2N4OS2. The van der Waals surface area contributed by atoms with Crippen LogP contribution in [0.15, 0.2) is 45.6 Å². The van der Waals surface area contributed by atoms with Crippen LogP contribution in [-0.2, 0) is 0 Å². The van der Waals surface area contributed by atoms with Crippen LogP contribution in [0, 0.1) is 0 Å². The van der Waals surface area contributed by atoms with E-state index in [-0.39, 0.29) is 31.4 Å². The molecule has 2 heterocycles. The van der Waals surface area contributed by atoms with Crippen molar-refractivity contribution in [3.05, 3.63) is 40.6 Å². The molecule has 1 aromatic heterocycles. The molecule has 3 rings (SSSR count). The lowest BCUT2D eigenvalue weighted by atomic mass is 10.2. The van der Waals surface area contributed by atoms with Crippen LogP contribution < -0.4 is 16.0 Å². The molecule has 5 nitrogen and oxygen atoms in total. The number of hydrogen-bond acceptors (Lipinski definition) is 6. The van der Waals surface area contributed by atoms with Crippen molar-refractivity contribution in [2.45, 2.75) is 4.90 Å². The van der Waals surface area contributed by atoms with Gasteiger partial charge in [0.15, 0.2) is 0 Å². The predicted octanol–water partition coefficient (Wildman–Crippen LogP) is 3.12. The number of hydrogen-bond donors (Lipinski definition) is 3. The average molecular weight is 435 g/mol. The lowest BCUT2D eigenvalue weighted by Gasteiger charge is -2.31. The maximum atomic E-state index is 8.83. The summed E-state index contributed by atoms with van der Waals surface area (Å²) in [4.78, 5) is 9.19. The van der Waals surface area contributed by atoms with Crippen LogP contribution in [0.1, 0.15) is 4.88 Å². The van der Waals surface area contributed by atoms with Gasteiger partial charge in [-0.1, -0.05) is 6.07 Å². The smallest absolute Gasteiger partial charge is 0.141 e. The van der Waals surface area contributed by atoms with Crippen LogP contribution in [0.2, 0.25) is 0 Å². The minimum absolute atomic E-state index is 0. The number of amidine groups is 1. The summed E-state index contributed by atoms with van der Waals surface area (Å²) in [6.45, 7) is 3.67. The topological polar surface area (TPSA) is 73.9 Å². The standard InChI is InChI=1S/C17H22N4OS2.2ClH/c18-17(15-2-1-10-23-15)20-13-3-4-14-16(12-13)24-11-8-21(14)7-5-19-6-9-22;;/h1-4,10,12,19,22H,5-9,11H2,(H2,18,20);2*1H. The molecule has 0 atom stereocenters. The predicted molar refractivity (Wildman–Crippen MR) is 119 cm³/mol. The van der Waals surface area contributed by atoms with Crippen molar-refractivity contribution in [1.82, 2.24) is 5.32 Å². The van der Waals surface area contributed by atoms with Gasteiger partial charge in [-0.05, 0) is 29.6 Å². The number of aliphatic hydroxyl groups is 1. The Morgan fingerprint density at radius 1 is 1.27 bits per heavy atom. The van der Waals surface area contributed by atoms with Gasteiger partial charge in [0.1, 0.15) is 5.84 Å². The number of nitrogens with one attached hydrogen (secondary N) is 1. The second kappa shape index (κ2) is 11.7. The second-order valence-corrected chi connectivity index (χ2v) is 7.52. The molecule has 9 heteroatoms. The van der Waals surface area contributed by atoms with Crippen LogP contribution in [0.3, 0.4) is 0 Å². The third kappa shape index (κ3) is 6.04. The molecule has 0 fully saturated rings. The van der Waals surface area contributed by atoms with E-state index in [2.05, 4.69) is 27.3 Å². The highest BCUT2D eigenvalue weighted by Gasteiger charge is 2.17. The van der Waals surface area contributed by atoms with Crippen molar-refractivity contribution in [2.75, 3.05) is 43.4 Å². The minimum atomic E-state index is 0. The molecule has 1 aliphatic heterocycles. The first-order valence-corrected chi connectivity index (χ1v) is 9.86. The number of nitrogens with zero attached hydrogens (tertiary/aromatic N) is 2. The lowest BCUT2D eigenvalue weighted by Crippen LogP contribution is -2.36. The summed E-state index contributed by atoms with van der Waals surface area (Å²) >= 11 is 3.46. The van der Waals surface area contributed by atoms with E-state index in [0.29, 0.717) is 12.4 Å². The number of fused-ring (bicyclic) bond motifs is 1. The number of thioether (sulfide) groups is 1. The summed E-state index contributed by atoms with van der Waals surface area (Å²) in [6.07, 6.45) is 0. The van der Waals surface area contributed by atoms with Gasteiger partial charge in [0.25, 0.3) is 0 Å². The molecule has 0 unspecified atom stereocenters. The molecule has 4 N–H and O–H groups in total. The highest BCUT2D eigenvalue weighted by molar-refractivity contribution is 7.99. The summed E-state index contributed by atoms with van der Waals surface area (Å²) in [5, 5.41) is 14.1. The maximum Gasteiger partial charge on any atom is 0.141 e. The Morgan fingerprint density at radius 2 is 2.12 bits per heavy atom. The Bertz CT molecular complexity index is 698. The average Bonchev–Trinajstić information content (AvgIpc) is 3.13. The molecule has 0 radical (unpaired) electrons. The normalized spacial score (nSPS) is 13.6. The molecule has 0 saturated carbocycles. The number of halogens is 2. The molecule has 0 bridgehead atoms. The summed E-state index contributed by atoms with van der Waals surface area (Å²) in [5.41, 5.74) is 8.23. The van der Waals surface area contributed by atoms with Crippen molar-refractivity contribution < 1.29 is 5.11 Å². The van der Waals surface area contributed by atoms with E-state index in [1.165, 1.54) is 10.6 Å². The molecule has 2 aromatic rings. The number of benzene rings is 1. The van der Waals surface area contributed by atoms with Gasteiger partial charge in [-0.25, -0.2) is 4.99 Å². The Morgan fingerprint density at radius 3 is 2.85 bits per heavy atom. The van der Waals surface area contributed by atoms with Gasteiger partial charge < -0.3 is 21.1 Å². The first-order valence-electron chi connectivity index (χ1n) is 7.99. The van der Waals surface area contributed by atoms with Gasteiger partial charge in [0.2, 0.25) is 0 Å². The number of anilines is 1. The molecule has 1 aromatic carbocycles. The largest absolute Gasteiger partial charge is 0.395 e. The summed E-state index contributed by atoms with van der Waals surface area (Å²) in [5.74, 6) is 1.64. The van der Waals surface area contributed by atoms with E-state index in [1.54, 1.807) is 11.3 Å². The number of thiophene rings is 1. The minimum Gasteiger partial charge on any atom is -0.395 e. The maximum absolute atomic E-state index is 8.83. The van der Waals surface area contributed by atoms with Crippen molar-refractivity contribution >= 4 is 65.1 Å². The highest BCUT2D eigenvalue weighted by Crippen LogP contribution is 2.37. The fourth-order valence-electron chi connectivity index (χ4n) is 2.60. The van der Waals surface area contributed by atoms with Crippen LogP contribution in [0.5, 0.6) is 0 Å². The molecule has 0 amide bonds. The van der Waals surface area contributed by atoms with Crippen LogP contribution in [-0.4, -0.2) is 49.5 Å². The molecule has 26 heavy (non-hydrogen) atoms. The van der Waals surface area contributed by atoms with E-state index < -0.39 is 0 Å². The van der Waals surface area contributed by atoms with Crippen molar-refractivity contribution in [3.63, 3.8) is 0 Å². The fourth-order valence-corrected chi connectivity index (χ4v) is 4.31. The van der Waals surface area contributed by atoms with Gasteiger partial charge in [-0.2, -0.15) is 0 Å². The zero-order valence-corrected chi connectivity index (χ0v) is 17.5. The molecule has 0 aliphatic carbocycles. The quantitative estimate of drug-likeness (QED) is 0.354. The third-order valence-electron chi connectivity index (χ3n) is 3.77. The van der Waals surface area contributed by atoms with Crippen LogP contribution in [0.25, 0.3) is 0 Å². The number of aliphatic imine (C=N–C) groups is 1. The first-order chi connectivity index (χ1) is 11.8. The summed E-state index contributed by atoms with van der Waals surface area (Å²) in [6, 6.07) is 10.2. The van der Waals surface area contributed by atoms with Gasteiger partial charge in [0, 0.05) is 36.8 Å². The first kappa shape index (κ1) is 23.1. The van der Waals surface area contributed by atoms with E-state index in [9.17, 15) is 0 Å². The van der Waals surface area contributed by atoms with E-state index in [0.717, 1.165) is 36.0 Å². The zero-order chi connectivity index (χ0) is 16.8. The molecule has 0 spiro atoms. The van der Waals surface area contributed by atoms with Crippen molar-refractivity contribution in [3.8, 4) is 0 Å². The summed E-state index contributed by atoms with van der Waals surface area (Å²) in [7, 11) is 0. The fraction of sp³-hybridized carbons (Fsp3) is 0.353. The highest BCUT2D eigenvalue weighted by atomic mass is 35.5. The Balaban J connectivity index is 0.00000169. The molecular weight excluding hydrogens is 411 g/mol. The summed E-state index contributed by atoms with van der Waals surface area (Å²) < 4.78 is 0. The Kier molecular flexibility index (Phi) is 10.4. The van der Waals surface area contributed by atoms with E-state index in [4.69, 9.17) is 10.8 Å². The van der Waals surface area contributed by atoms with Crippen molar-refractivity contribution in [1.29, 1.82) is 0 Å². The van der Waals surface area contributed by atoms with Crippen molar-refractivity contribution in [2.24, 2.45) is 10.7 Å². The monoisotopic (exact) mass is 434 g/mol. The van der Waals surface area contributed by atoms with Crippen LogP contribution in [0.4, 0.5) is 11.4 Å². The lowest BCUT2D eigenvalue weighted by molar-refractivity contribution is 0.293. The van der Waals surface area contributed by atoms with Gasteiger partial charge in [0.05, 0.1) is 22.9 Å². The molecule has 1 aliphatic rings. The number of nitrogens with two attached hydrogens (primary N) is 1. The van der Waals surface area contributed by atoms with Crippen LogP contribution >= 0.6 is 47.9 Å². The van der Waals surface area contributed by atoms with E-state index >= 15 is 0 Å². The van der Waals surface area contributed by atoms with Gasteiger partial charge in [-0.15, -0.1) is 47.9 Å². The Hall–Kier alpha value is -0.960. The van der Waals surface area contributed by atoms with Gasteiger partial charge in [-0.3, -0.25) is 0 Å². The Labute approximate surface area is 174 Å². The second-order valence-electron chi connectivity index (χ2n) is 5.44. The SMILES string of the molecule is Cl.Cl.NC(=Nc1ccc2c(c1)SCCN2CCNCCO)c1cccs1. The zero-order valence-electron chi connectivity index (χ0n) is 14.3. The third-order valence-corrected chi connectivity index (χ3v) is 5.69. The molecule has 144 valence electrons.